The number of nitrogens with zero attached hydrogens (tertiary/aromatic N) is 2. The Bertz CT molecular complexity index is 345. The fraction of sp³-hybridized carbons (Fsp3) is 0.667. The first-order valence-corrected chi connectivity index (χ1v) is 8.41. The van der Waals surface area contributed by atoms with E-state index in [4.69, 9.17) is 5.73 Å². The second kappa shape index (κ2) is 8.56. The highest BCUT2D eigenvalue weighted by Crippen LogP contribution is 2.27. The summed E-state index contributed by atoms with van der Waals surface area (Å²) < 4.78 is 0. The Balaban J connectivity index is 2.96. The van der Waals surface area contributed by atoms with Gasteiger partial charge in [0.05, 0.1) is 0 Å². The molecule has 0 aromatic carbocycles. The van der Waals surface area contributed by atoms with E-state index >= 15 is 0 Å². The summed E-state index contributed by atoms with van der Waals surface area (Å²) in [6.07, 6.45) is 8.00. The quantitative estimate of drug-likeness (QED) is 0.795. The summed E-state index contributed by atoms with van der Waals surface area (Å²) in [5.41, 5.74) is 7.64. The maximum atomic E-state index is 6.37. The van der Waals surface area contributed by atoms with Crippen LogP contribution >= 0.6 is 11.8 Å². The summed E-state index contributed by atoms with van der Waals surface area (Å²) in [5.74, 6) is 1.14. The molecule has 1 rings (SSSR count). The van der Waals surface area contributed by atoms with Crippen LogP contribution in [-0.4, -0.2) is 41.0 Å². The van der Waals surface area contributed by atoms with E-state index in [2.05, 4.69) is 49.2 Å². The van der Waals surface area contributed by atoms with Gasteiger partial charge >= 0.3 is 0 Å². The fourth-order valence-corrected chi connectivity index (χ4v) is 3.37. The first kappa shape index (κ1) is 16.5. The average Bonchev–Trinajstić information content (AvgIpc) is 2.45. The smallest absolute Gasteiger partial charge is 0.0500 e. The van der Waals surface area contributed by atoms with Gasteiger partial charge in [-0.25, -0.2) is 0 Å². The summed E-state index contributed by atoms with van der Waals surface area (Å²) in [6, 6.07) is 5.16. The largest absolute Gasteiger partial charge is 0.326 e. The lowest BCUT2D eigenvalue weighted by Gasteiger charge is -2.38. The molecule has 3 atom stereocenters. The molecule has 0 amide bonds. The number of hydrogen-bond acceptors (Lipinski definition) is 4. The third-order valence-corrected chi connectivity index (χ3v) is 4.49. The maximum absolute atomic E-state index is 6.37. The van der Waals surface area contributed by atoms with Gasteiger partial charge in [0.25, 0.3) is 0 Å². The van der Waals surface area contributed by atoms with Crippen molar-refractivity contribution in [2.75, 3.05) is 19.1 Å². The topological polar surface area (TPSA) is 42.1 Å². The van der Waals surface area contributed by atoms with E-state index < -0.39 is 0 Å². The van der Waals surface area contributed by atoms with Crippen LogP contribution in [0.3, 0.4) is 0 Å². The summed E-state index contributed by atoms with van der Waals surface area (Å²) in [5, 5.41) is 0. The highest BCUT2D eigenvalue weighted by Gasteiger charge is 2.27. The molecule has 3 unspecified atom stereocenters. The molecular weight excluding hydrogens is 254 g/mol. The van der Waals surface area contributed by atoms with Crippen LogP contribution < -0.4 is 5.73 Å². The highest BCUT2D eigenvalue weighted by molar-refractivity contribution is 7.98. The second-order valence-corrected chi connectivity index (χ2v) is 5.89. The van der Waals surface area contributed by atoms with Crippen molar-refractivity contribution in [2.24, 2.45) is 5.73 Å². The molecule has 0 radical (unpaired) electrons. The van der Waals surface area contributed by atoms with Crippen LogP contribution in [0.5, 0.6) is 0 Å². The van der Waals surface area contributed by atoms with Gasteiger partial charge in [0.1, 0.15) is 0 Å². The van der Waals surface area contributed by atoms with E-state index in [1.807, 2.05) is 24.2 Å². The van der Waals surface area contributed by atoms with Crippen molar-refractivity contribution >= 4 is 11.8 Å². The standard InChI is InChI=1S/C15H27N3S/c1-5-13(11-19-4)18(3)15(14(16)6-2)12-7-9-17-10-8-12/h7-10,13-15H,5-6,11,16H2,1-4H3. The number of rotatable bonds is 8. The third kappa shape index (κ3) is 4.48. The zero-order chi connectivity index (χ0) is 14.3. The van der Waals surface area contributed by atoms with Crippen molar-refractivity contribution < 1.29 is 0 Å². The number of nitrogens with two attached hydrogens (primary N) is 1. The first-order chi connectivity index (χ1) is 9.15. The molecule has 0 bridgehead atoms. The van der Waals surface area contributed by atoms with Crippen molar-refractivity contribution in [3.8, 4) is 0 Å². The Labute approximate surface area is 122 Å². The van der Waals surface area contributed by atoms with Crippen molar-refractivity contribution in [1.82, 2.24) is 9.88 Å². The molecule has 0 aliphatic rings. The number of likely N-dealkylation sites (N-methyl/N-ethyl adjacent to an activating group) is 1. The van der Waals surface area contributed by atoms with Gasteiger partial charge in [-0.1, -0.05) is 13.8 Å². The zero-order valence-corrected chi connectivity index (χ0v) is 13.4. The molecule has 0 saturated heterocycles. The minimum absolute atomic E-state index is 0.156. The molecule has 4 heteroatoms. The van der Waals surface area contributed by atoms with Crippen LogP contribution in [-0.2, 0) is 0 Å². The molecule has 0 saturated carbocycles. The Morgan fingerprint density at radius 2 is 1.89 bits per heavy atom. The number of aromatic nitrogens is 1. The predicted molar refractivity (Wildman–Crippen MR) is 85.5 cm³/mol. The first-order valence-electron chi connectivity index (χ1n) is 7.02. The van der Waals surface area contributed by atoms with Gasteiger partial charge in [-0.15, -0.1) is 0 Å². The molecular formula is C15H27N3S. The molecule has 0 spiro atoms. The van der Waals surface area contributed by atoms with Gasteiger partial charge < -0.3 is 5.73 Å². The lowest BCUT2D eigenvalue weighted by molar-refractivity contribution is 0.157. The molecule has 1 heterocycles. The van der Waals surface area contributed by atoms with Gasteiger partial charge in [-0.3, -0.25) is 9.88 Å². The summed E-state index contributed by atoms with van der Waals surface area (Å²) in [7, 11) is 2.20. The Kier molecular flexibility index (Phi) is 7.42. The minimum atomic E-state index is 0.156. The van der Waals surface area contributed by atoms with Crippen molar-refractivity contribution in [3.05, 3.63) is 30.1 Å². The molecule has 1 aromatic rings. The van der Waals surface area contributed by atoms with Crippen LogP contribution in [0.1, 0.15) is 38.3 Å². The van der Waals surface area contributed by atoms with E-state index in [9.17, 15) is 0 Å². The number of thioether (sulfide) groups is 1. The van der Waals surface area contributed by atoms with Crippen LogP contribution in [0.25, 0.3) is 0 Å². The van der Waals surface area contributed by atoms with E-state index in [0.29, 0.717) is 6.04 Å². The van der Waals surface area contributed by atoms with Crippen LogP contribution in [0, 0.1) is 0 Å². The average molecular weight is 281 g/mol. The van der Waals surface area contributed by atoms with Gasteiger partial charge in [-0.05, 0) is 43.8 Å². The Morgan fingerprint density at radius 1 is 1.26 bits per heavy atom. The SMILES string of the molecule is CCC(N)C(c1ccncc1)N(C)C(CC)CSC. The molecule has 1 aromatic heterocycles. The van der Waals surface area contributed by atoms with Gasteiger partial charge in [0.15, 0.2) is 0 Å². The minimum Gasteiger partial charge on any atom is -0.326 e. The normalized spacial score (nSPS) is 16.3. The van der Waals surface area contributed by atoms with Crippen molar-refractivity contribution in [1.29, 1.82) is 0 Å². The predicted octanol–water partition coefficient (Wildman–Crippen LogP) is 2.93. The summed E-state index contributed by atoms with van der Waals surface area (Å²) in [4.78, 5) is 6.55. The molecule has 0 aliphatic carbocycles. The van der Waals surface area contributed by atoms with E-state index in [0.717, 1.165) is 18.6 Å². The third-order valence-electron chi connectivity index (χ3n) is 3.77. The summed E-state index contributed by atoms with van der Waals surface area (Å²) in [6.45, 7) is 4.40. The highest BCUT2D eigenvalue weighted by atomic mass is 32.2. The molecule has 108 valence electrons. The molecule has 19 heavy (non-hydrogen) atoms. The van der Waals surface area contributed by atoms with Crippen LogP contribution in [0.4, 0.5) is 0 Å². The second-order valence-electron chi connectivity index (χ2n) is 4.98. The molecule has 2 N–H and O–H groups in total. The number of hydrogen-bond donors (Lipinski definition) is 1. The van der Waals surface area contributed by atoms with Crippen molar-refractivity contribution in [3.63, 3.8) is 0 Å². The lowest BCUT2D eigenvalue weighted by Crippen LogP contribution is -2.44. The van der Waals surface area contributed by atoms with Gasteiger partial charge in [0, 0.05) is 36.3 Å². The summed E-state index contributed by atoms with van der Waals surface area (Å²) >= 11 is 1.90. The molecule has 3 nitrogen and oxygen atoms in total. The Hall–Kier alpha value is -0.580. The Morgan fingerprint density at radius 3 is 2.37 bits per heavy atom. The monoisotopic (exact) mass is 281 g/mol. The maximum Gasteiger partial charge on any atom is 0.0500 e. The van der Waals surface area contributed by atoms with E-state index in [-0.39, 0.29) is 12.1 Å². The van der Waals surface area contributed by atoms with E-state index in [1.54, 1.807) is 0 Å². The zero-order valence-electron chi connectivity index (χ0n) is 12.5. The fourth-order valence-electron chi connectivity index (χ4n) is 2.51. The van der Waals surface area contributed by atoms with Crippen molar-refractivity contribution in [2.45, 2.75) is 44.8 Å². The lowest BCUT2D eigenvalue weighted by atomic mass is 9.96. The molecule has 0 fully saturated rings. The number of pyridine rings is 1. The molecule has 0 aliphatic heterocycles. The van der Waals surface area contributed by atoms with Gasteiger partial charge in [0.2, 0.25) is 0 Å². The van der Waals surface area contributed by atoms with Crippen LogP contribution in [0.2, 0.25) is 0 Å². The van der Waals surface area contributed by atoms with E-state index in [1.165, 1.54) is 5.56 Å². The van der Waals surface area contributed by atoms with Crippen LogP contribution in [0.15, 0.2) is 24.5 Å². The van der Waals surface area contributed by atoms with Gasteiger partial charge in [-0.2, -0.15) is 11.8 Å².